The van der Waals surface area contributed by atoms with Gasteiger partial charge in [0.05, 0.1) is 18.5 Å². The Morgan fingerprint density at radius 1 is 1.60 bits per heavy atom. The van der Waals surface area contributed by atoms with E-state index in [1.165, 1.54) is 0 Å². The Hall–Kier alpha value is -1.22. The van der Waals surface area contributed by atoms with E-state index in [9.17, 15) is 0 Å². The van der Waals surface area contributed by atoms with Gasteiger partial charge in [0.2, 0.25) is 0 Å². The van der Waals surface area contributed by atoms with E-state index in [4.69, 9.17) is 16.3 Å². The zero-order valence-electron chi connectivity index (χ0n) is 8.32. The molecule has 15 heavy (non-hydrogen) atoms. The molecule has 0 bridgehead atoms. The monoisotopic (exact) mass is 224 g/mol. The Morgan fingerprint density at radius 2 is 2.53 bits per heavy atom. The molecular formula is C11H13ClN2O. The second kappa shape index (κ2) is 5.03. The van der Waals surface area contributed by atoms with E-state index in [1.807, 2.05) is 18.2 Å². The molecule has 2 heterocycles. The summed E-state index contributed by atoms with van der Waals surface area (Å²) in [6, 6.07) is 3.77. The van der Waals surface area contributed by atoms with Gasteiger partial charge in [-0.25, -0.2) is 4.98 Å². The molecule has 0 radical (unpaired) electrons. The summed E-state index contributed by atoms with van der Waals surface area (Å²) in [7, 11) is 0. The van der Waals surface area contributed by atoms with Crippen LogP contribution in [0.4, 0.5) is 5.69 Å². The van der Waals surface area contributed by atoms with Crippen LogP contribution in [0.5, 0.6) is 0 Å². The molecule has 1 N–H and O–H groups in total. The maximum atomic E-state index is 5.91. The van der Waals surface area contributed by atoms with Crippen molar-refractivity contribution < 1.29 is 4.74 Å². The van der Waals surface area contributed by atoms with Crippen molar-refractivity contribution in [3.05, 3.63) is 35.8 Å². The molecule has 1 aromatic heterocycles. The van der Waals surface area contributed by atoms with Crippen LogP contribution in [0.2, 0.25) is 5.15 Å². The highest BCUT2D eigenvalue weighted by molar-refractivity contribution is 6.31. The van der Waals surface area contributed by atoms with Crippen molar-refractivity contribution in [1.29, 1.82) is 0 Å². The summed E-state index contributed by atoms with van der Waals surface area (Å²) in [6.45, 7) is 0.760. The quantitative estimate of drug-likeness (QED) is 0.802. The van der Waals surface area contributed by atoms with Crippen molar-refractivity contribution in [3.8, 4) is 0 Å². The van der Waals surface area contributed by atoms with Gasteiger partial charge in [-0.05, 0) is 31.1 Å². The molecule has 0 aromatic carbocycles. The molecule has 1 aliphatic rings. The molecule has 0 amide bonds. The number of nitrogens with zero attached hydrogens (tertiary/aromatic N) is 1. The molecule has 2 rings (SSSR count). The summed E-state index contributed by atoms with van der Waals surface area (Å²) in [5.41, 5.74) is 0.859. The number of nitrogens with one attached hydrogen (secondary N) is 1. The first-order chi connectivity index (χ1) is 7.36. The maximum absolute atomic E-state index is 5.91. The first-order valence-corrected chi connectivity index (χ1v) is 5.39. The van der Waals surface area contributed by atoms with Gasteiger partial charge >= 0.3 is 0 Å². The van der Waals surface area contributed by atoms with E-state index in [1.54, 1.807) is 12.5 Å². The Kier molecular flexibility index (Phi) is 3.45. The lowest BCUT2D eigenvalue weighted by Crippen LogP contribution is -2.23. The summed E-state index contributed by atoms with van der Waals surface area (Å²) >= 11 is 5.91. The molecule has 0 saturated carbocycles. The number of allylic oxidation sites excluding steroid dienone is 1. The molecule has 0 fully saturated rings. The number of anilines is 1. The third-order valence-electron chi connectivity index (χ3n) is 2.30. The molecule has 0 saturated heterocycles. The topological polar surface area (TPSA) is 34.2 Å². The molecular weight excluding hydrogens is 212 g/mol. The predicted octanol–water partition coefficient (Wildman–Crippen LogP) is 2.84. The summed E-state index contributed by atoms with van der Waals surface area (Å²) in [4.78, 5) is 3.99. The fraction of sp³-hybridized carbons (Fsp3) is 0.364. The van der Waals surface area contributed by atoms with Crippen LogP contribution in [0.15, 0.2) is 30.7 Å². The minimum absolute atomic E-state index is 0.228. The average molecular weight is 225 g/mol. The summed E-state index contributed by atoms with van der Waals surface area (Å²) in [5, 5.41) is 3.73. The molecule has 4 heteroatoms. The fourth-order valence-electron chi connectivity index (χ4n) is 1.48. The number of aromatic nitrogens is 1. The van der Waals surface area contributed by atoms with Crippen LogP contribution in [-0.2, 0) is 4.74 Å². The fourth-order valence-corrected chi connectivity index (χ4v) is 1.66. The van der Waals surface area contributed by atoms with Crippen molar-refractivity contribution in [2.24, 2.45) is 0 Å². The third kappa shape index (κ3) is 2.86. The molecule has 3 nitrogen and oxygen atoms in total. The second-order valence-electron chi connectivity index (χ2n) is 3.43. The van der Waals surface area contributed by atoms with Crippen LogP contribution in [0.3, 0.4) is 0 Å². The number of ether oxygens (including phenoxy) is 1. The first kappa shape index (κ1) is 10.3. The second-order valence-corrected chi connectivity index (χ2v) is 3.79. The number of pyridine rings is 1. The van der Waals surface area contributed by atoms with Crippen LogP contribution < -0.4 is 5.32 Å². The predicted molar refractivity (Wildman–Crippen MR) is 61.0 cm³/mol. The van der Waals surface area contributed by atoms with Gasteiger partial charge in [-0.3, -0.25) is 0 Å². The normalized spacial score (nSPS) is 19.7. The lowest BCUT2D eigenvalue weighted by atomic mass is 10.1. The van der Waals surface area contributed by atoms with Gasteiger partial charge in [0.1, 0.15) is 6.10 Å². The molecule has 80 valence electrons. The smallest absolute Gasteiger partial charge is 0.152 e. The third-order valence-corrected chi connectivity index (χ3v) is 2.60. The lowest BCUT2D eigenvalue weighted by Gasteiger charge is -2.20. The maximum Gasteiger partial charge on any atom is 0.152 e. The minimum Gasteiger partial charge on any atom is -0.497 e. The highest BCUT2D eigenvalue weighted by Crippen LogP contribution is 2.18. The van der Waals surface area contributed by atoms with Crippen LogP contribution in [0, 0.1) is 0 Å². The molecule has 1 atom stereocenters. The molecule has 0 spiro atoms. The summed E-state index contributed by atoms with van der Waals surface area (Å²) in [6.07, 6.45) is 7.82. The van der Waals surface area contributed by atoms with Crippen molar-refractivity contribution in [3.63, 3.8) is 0 Å². The number of hydrogen-bond acceptors (Lipinski definition) is 3. The Labute approximate surface area is 94.1 Å². The van der Waals surface area contributed by atoms with Crippen LogP contribution >= 0.6 is 11.6 Å². The Bertz CT molecular complexity index is 354. The van der Waals surface area contributed by atoms with E-state index in [2.05, 4.69) is 10.3 Å². The highest BCUT2D eigenvalue weighted by Gasteiger charge is 2.11. The van der Waals surface area contributed by atoms with Gasteiger partial charge in [0.25, 0.3) is 0 Å². The number of halogens is 1. The molecule has 1 aliphatic heterocycles. The average Bonchev–Trinajstić information content (AvgIpc) is 2.29. The largest absolute Gasteiger partial charge is 0.497 e. The van der Waals surface area contributed by atoms with Crippen molar-refractivity contribution in [1.82, 2.24) is 4.98 Å². The van der Waals surface area contributed by atoms with E-state index in [-0.39, 0.29) is 6.10 Å². The molecule has 1 unspecified atom stereocenters. The number of rotatable bonds is 3. The van der Waals surface area contributed by atoms with Gasteiger partial charge in [-0.2, -0.15) is 0 Å². The minimum atomic E-state index is 0.228. The van der Waals surface area contributed by atoms with Gasteiger partial charge in [-0.1, -0.05) is 11.6 Å². The highest BCUT2D eigenvalue weighted by atomic mass is 35.5. The zero-order chi connectivity index (χ0) is 10.5. The van der Waals surface area contributed by atoms with Crippen LogP contribution in [0.25, 0.3) is 0 Å². The molecule has 0 aliphatic carbocycles. The van der Waals surface area contributed by atoms with E-state index in [0.29, 0.717) is 5.15 Å². The van der Waals surface area contributed by atoms with Gasteiger partial charge in [-0.15, -0.1) is 0 Å². The van der Waals surface area contributed by atoms with Gasteiger partial charge < -0.3 is 10.1 Å². The standard InChI is InChI=1S/C11H13ClN2O/c12-11-10(5-3-6-13-11)14-8-9-4-1-2-7-15-9/h2-3,5-7,9,14H,1,4,8H2. The zero-order valence-corrected chi connectivity index (χ0v) is 9.07. The van der Waals surface area contributed by atoms with Crippen LogP contribution in [-0.4, -0.2) is 17.6 Å². The summed E-state index contributed by atoms with van der Waals surface area (Å²) in [5.74, 6) is 0. The SMILES string of the molecule is Clc1ncccc1NCC1CCC=CO1. The summed E-state index contributed by atoms with van der Waals surface area (Å²) < 4.78 is 5.43. The van der Waals surface area contributed by atoms with E-state index >= 15 is 0 Å². The first-order valence-electron chi connectivity index (χ1n) is 5.01. The van der Waals surface area contributed by atoms with E-state index in [0.717, 1.165) is 25.1 Å². The number of hydrogen-bond donors (Lipinski definition) is 1. The van der Waals surface area contributed by atoms with Gasteiger partial charge in [0, 0.05) is 6.20 Å². The van der Waals surface area contributed by atoms with Gasteiger partial charge in [0.15, 0.2) is 5.15 Å². The Morgan fingerprint density at radius 3 is 3.27 bits per heavy atom. The van der Waals surface area contributed by atoms with Crippen molar-refractivity contribution in [2.75, 3.05) is 11.9 Å². The lowest BCUT2D eigenvalue weighted by molar-refractivity contribution is 0.135. The molecule has 1 aromatic rings. The van der Waals surface area contributed by atoms with E-state index < -0.39 is 0 Å². The van der Waals surface area contributed by atoms with Crippen LogP contribution in [0.1, 0.15) is 12.8 Å². The van der Waals surface area contributed by atoms with Crippen molar-refractivity contribution in [2.45, 2.75) is 18.9 Å². The Balaban J connectivity index is 1.87. The van der Waals surface area contributed by atoms with Crippen molar-refractivity contribution >= 4 is 17.3 Å².